The summed E-state index contributed by atoms with van der Waals surface area (Å²) in [6.07, 6.45) is 6.41. The number of hydrogen-bond donors (Lipinski definition) is 11. The third kappa shape index (κ3) is 21.1. The lowest BCUT2D eigenvalue weighted by molar-refractivity contribution is -0.152. The van der Waals surface area contributed by atoms with Gasteiger partial charge in [0.15, 0.2) is 24.1 Å². The monoisotopic (exact) mass is 1450 g/mol. The number of nitriles is 1. The zero-order chi connectivity index (χ0) is 72.6. The van der Waals surface area contributed by atoms with E-state index in [4.69, 9.17) is 94.8 Å². The summed E-state index contributed by atoms with van der Waals surface area (Å²) in [5.74, 6) is 3.37. The number of ether oxygens (including phenoxy) is 2. The molecule has 0 spiro atoms. The topological polar surface area (TPSA) is 569 Å². The molecule has 35 nitrogen and oxygen atoms in total. The molecule has 538 valence electrons. The van der Waals surface area contributed by atoms with Crippen LogP contribution in [0.25, 0.3) is 0 Å². The molecule has 14 rings (SSSR count). The van der Waals surface area contributed by atoms with E-state index in [0.717, 1.165) is 25.7 Å². The van der Waals surface area contributed by atoms with Gasteiger partial charge >= 0.3 is 17.9 Å². The van der Waals surface area contributed by atoms with Gasteiger partial charge in [-0.3, -0.25) is 58.3 Å². The summed E-state index contributed by atoms with van der Waals surface area (Å²) >= 11 is 9.86. The molecule has 0 unspecified atom stereocenters. The number of halogens is 3. The standard InChI is InChI=1S/C17H15N3O5.C13H11NO4.C8H5NO2.2C7H11N3O2.C6H10O3.C2H5ClN2O.C2H2ClN.ClH.H3NO/c1-9(21)24-8-14-18-15(25-19-14)10-6-11(7-10)20-16(22)12-4-2-3-5-13(12)17(20)23;15-11-9-3-1-2-4-10(9)12(16)14(11)8-5-7(6-8)13(17)18;10-7-5-3-1-2-4-6(5)8(11)9-7;2*8-5-1-4(2-5)7-9-6(3-11)10-12-7;1-9-6(8)4-2-5(7)3-4;3-1-2(4)5-6;3-1-2-4;;1-2/h2-5,10-11H,6-8H2,1H3;1-4,7-8H,5-6H2,(H,17,18);1-4H,(H,9,10,11);2*4-5,11H,1-3,8H2;4-5,7H,2-3H2,1H3;6H,1H2,(H2,4,5);1H2;1H;2H,1H2. The Morgan fingerprint density at radius 3 is 1.27 bits per heavy atom. The summed E-state index contributed by atoms with van der Waals surface area (Å²) in [6.45, 7) is 0.942. The van der Waals surface area contributed by atoms with Crippen LogP contribution >= 0.6 is 35.6 Å². The van der Waals surface area contributed by atoms with Crippen molar-refractivity contribution in [2.45, 2.75) is 139 Å². The van der Waals surface area contributed by atoms with Crippen LogP contribution in [0.4, 0.5) is 0 Å². The minimum atomic E-state index is -0.858. The smallest absolute Gasteiger partial charge is 0.308 e. The zero-order valence-corrected chi connectivity index (χ0v) is 56.0. The molecule has 3 aromatic heterocycles. The highest BCUT2D eigenvalue weighted by Crippen LogP contribution is 2.42. The van der Waals surface area contributed by atoms with Gasteiger partial charge in [-0.1, -0.05) is 57.0 Å². The molecule has 8 aliphatic rings. The van der Waals surface area contributed by atoms with Gasteiger partial charge in [0.1, 0.15) is 19.1 Å². The van der Waals surface area contributed by atoms with E-state index < -0.39 is 17.9 Å². The maximum absolute atomic E-state index is 12.4. The van der Waals surface area contributed by atoms with Crippen molar-refractivity contribution in [3.05, 3.63) is 141 Å². The lowest BCUT2D eigenvalue weighted by atomic mass is 9.79. The normalized spacial score (nSPS) is 22.5. The van der Waals surface area contributed by atoms with Crippen molar-refractivity contribution in [1.82, 2.24) is 45.5 Å². The van der Waals surface area contributed by atoms with Crippen molar-refractivity contribution < 1.29 is 97.0 Å². The van der Waals surface area contributed by atoms with Gasteiger partial charge in [-0.15, -0.1) is 35.6 Å². The summed E-state index contributed by atoms with van der Waals surface area (Å²) < 4.78 is 24.3. The first-order valence-electron chi connectivity index (χ1n) is 30.4. The number of aliphatic hydroxyl groups excluding tert-OH is 3. The van der Waals surface area contributed by atoms with Crippen molar-refractivity contribution in [3.63, 3.8) is 0 Å². The Morgan fingerprint density at radius 2 is 0.980 bits per heavy atom. The summed E-state index contributed by atoms with van der Waals surface area (Å²) in [7, 11) is 1.37. The van der Waals surface area contributed by atoms with Crippen LogP contribution < -0.4 is 28.4 Å². The molecule has 5 saturated carbocycles. The van der Waals surface area contributed by atoms with E-state index in [2.05, 4.69) is 51.5 Å². The average Bonchev–Trinajstić information content (AvgIpc) is 1.60. The molecule has 6 amide bonds. The number of rotatable bonds is 12. The molecular weight excluding hydrogens is 1380 g/mol. The van der Waals surface area contributed by atoms with E-state index in [-0.39, 0.29) is 133 Å². The van der Waals surface area contributed by atoms with Crippen molar-refractivity contribution in [3.8, 4) is 6.07 Å². The van der Waals surface area contributed by atoms with Crippen molar-refractivity contribution in [2.24, 2.45) is 40.1 Å². The van der Waals surface area contributed by atoms with Crippen LogP contribution in [-0.4, -0.2) is 179 Å². The fraction of sp³-hybridized carbons (Fsp3) is 0.435. The van der Waals surface area contributed by atoms with Gasteiger partial charge < -0.3 is 71.1 Å². The van der Waals surface area contributed by atoms with Gasteiger partial charge in [0.05, 0.1) is 70.4 Å². The highest BCUT2D eigenvalue weighted by molar-refractivity contribution is 6.28. The Bertz CT molecular complexity index is 3700. The summed E-state index contributed by atoms with van der Waals surface area (Å²) in [6, 6.07) is 22.1. The average molecular weight is 1460 g/mol. The lowest BCUT2D eigenvalue weighted by Gasteiger charge is -2.38. The molecule has 6 aromatic rings. The van der Waals surface area contributed by atoms with E-state index in [1.54, 1.807) is 78.9 Å². The third-order valence-electron chi connectivity index (χ3n) is 16.1. The molecule has 0 saturated heterocycles. The molecule has 6 heterocycles. The molecule has 0 radical (unpaired) electrons. The van der Waals surface area contributed by atoms with Crippen LogP contribution in [0.1, 0.15) is 186 Å². The number of benzene rings is 3. The first-order chi connectivity index (χ1) is 47.5. The summed E-state index contributed by atoms with van der Waals surface area (Å²) in [5, 5.41) is 72.3. The van der Waals surface area contributed by atoms with Crippen molar-refractivity contribution in [2.75, 3.05) is 18.9 Å². The number of hydrogen-bond acceptors (Lipinski definition) is 30. The number of aliphatic carboxylic acids is 1. The largest absolute Gasteiger partial charge is 0.481 e. The van der Waals surface area contributed by atoms with Crippen LogP contribution in [0.15, 0.2) is 91.5 Å². The molecule has 0 bridgehead atoms. The summed E-state index contributed by atoms with van der Waals surface area (Å²) in [5.41, 5.74) is 18.7. The van der Waals surface area contributed by atoms with Crippen LogP contribution in [0.2, 0.25) is 0 Å². The highest BCUT2D eigenvalue weighted by Gasteiger charge is 2.48. The molecular formula is C62H74Cl3N15O20. The Balaban J connectivity index is 0.000000215. The maximum Gasteiger partial charge on any atom is 0.308 e. The highest BCUT2D eigenvalue weighted by atomic mass is 35.5. The van der Waals surface area contributed by atoms with Gasteiger partial charge in [-0.25, -0.2) is 5.90 Å². The molecule has 38 heteroatoms. The van der Waals surface area contributed by atoms with Gasteiger partial charge in [-0.2, -0.15) is 20.2 Å². The fourth-order valence-electron chi connectivity index (χ4n) is 10.6. The van der Waals surface area contributed by atoms with Gasteiger partial charge in [0.25, 0.3) is 35.4 Å². The number of esters is 2. The number of aromatic nitrogens is 6. The summed E-state index contributed by atoms with van der Waals surface area (Å²) in [4.78, 5) is 118. The second kappa shape index (κ2) is 39.2. The second-order valence-corrected chi connectivity index (χ2v) is 23.4. The van der Waals surface area contributed by atoms with Crippen molar-refractivity contribution >= 4 is 94.8 Å². The molecule has 100 heavy (non-hydrogen) atoms. The number of amidine groups is 1. The fourth-order valence-corrected chi connectivity index (χ4v) is 10.6. The Morgan fingerprint density at radius 1 is 0.630 bits per heavy atom. The van der Waals surface area contributed by atoms with Crippen LogP contribution in [0, 0.1) is 23.2 Å². The Labute approximate surface area is 585 Å². The number of imide groups is 3. The number of amides is 6. The Hall–Kier alpha value is -9.74. The predicted molar refractivity (Wildman–Crippen MR) is 347 cm³/mol. The number of aliphatic hydroxyl groups is 3. The number of carboxylic acid groups (broad SMARTS) is 1. The first kappa shape index (κ1) is 80.9. The number of carboxylic acids is 1. The molecule has 5 aliphatic carbocycles. The van der Waals surface area contributed by atoms with Crippen LogP contribution in [-0.2, 0) is 43.7 Å². The quantitative estimate of drug-likeness (QED) is 0.0159. The van der Waals surface area contributed by atoms with E-state index in [0.29, 0.717) is 119 Å². The predicted octanol–water partition coefficient (Wildman–Crippen LogP) is 3.33. The number of nitrogens with zero attached hydrogens (tertiary/aromatic N) is 10. The molecule has 5 fully saturated rings. The number of fused-ring (bicyclic) bond motifs is 3. The first-order valence-corrected chi connectivity index (χ1v) is 31.5. The number of carbonyl (C=O) groups is 9. The van der Waals surface area contributed by atoms with Crippen molar-refractivity contribution in [1.29, 1.82) is 5.26 Å². The minimum Gasteiger partial charge on any atom is -0.481 e. The molecule has 15 N–H and O–H groups in total. The number of methoxy groups -OCH3 is 1. The van der Waals surface area contributed by atoms with E-state index >= 15 is 0 Å². The maximum atomic E-state index is 12.4. The molecule has 3 aliphatic heterocycles. The number of nitrogens with one attached hydrogen (secondary N) is 1. The number of alkyl halides is 2. The number of carbonyl (C=O) groups excluding carboxylic acids is 8. The lowest BCUT2D eigenvalue weighted by Crippen LogP contribution is -2.49. The number of nitrogens with two attached hydrogens (primary N) is 4. The van der Waals surface area contributed by atoms with Gasteiger partial charge in [0, 0.05) is 48.8 Å². The van der Waals surface area contributed by atoms with Gasteiger partial charge in [-0.05, 0) is 101 Å². The Kier molecular flexibility index (Phi) is 31.7. The van der Waals surface area contributed by atoms with Crippen LogP contribution in [0.3, 0.4) is 0 Å². The zero-order valence-electron chi connectivity index (χ0n) is 53.7. The second-order valence-electron chi connectivity index (χ2n) is 22.8. The molecule has 3 aromatic carbocycles. The van der Waals surface area contributed by atoms with E-state index in [1.807, 2.05) is 0 Å². The van der Waals surface area contributed by atoms with E-state index in [1.165, 1.54) is 23.8 Å². The minimum absolute atomic E-state index is 0. The van der Waals surface area contributed by atoms with Gasteiger partial charge in [0.2, 0.25) is 23.5 Å². The SMILES string of the molecule is CC(=O)OCc1noc(C2CC(N3C(=O)c4ccccc4C3=O)C2)n1.COC(=O)C1CC(O)C1.Cl.N#CCCl.N/C(CCl)=N\O.NC1CC(c2nc(CO)no2)C1.NC1CC(c2nc(CO)no2)C1.NO.O=C(O)C1CC(N2C(=O)c3ccccc3C2=O)C1.O=C1NC(=O)c2ccccc21. The number of oxime groups is 1. The van der Waals surface area contributed by atoms with E-state index in [9.17, 15) is 43.2 Å². The van der Waals surface area contributed by atoms with Crippen LogP contribution in [0.5, 0.6) is 0 Å². The molecule has 0 atom stereocenters. The third-order valence-corrected chi connectivity index (χ3v) is 16.5.